The Morgan fingerprint density at radius 2 is 2.44 bits per heavy atom. The Balaban J connectivity index is 1.90. The number of rotatable bonds is 3. The molecular formula is C14H23N3S. The van der Waals surface area contributed by atoms with Crippen molar-refractivity contribution in [2.75, 3.05) is 20.1 Å². The molecule has 1 unspecified atom stereocenters. The van der Waals surface area contributed by atoms with Crippen molar-refractivity contribution in [3.05, 3.63) is 22.4 Å². The monoisotopic (exact) mass is 265 g/mol. The van der Waals surface area contributed by atoms with Crippen LogP contribution in [0, 0.1) is 5.41 Å². The normalized spacial score (nSPS) is 24.6. The van der Waals surface area contributed by atoms with Crippen molar-refractivity contribution >= 4 is 17.3 Å². The van der Waals surface area contributed by atoms with Crippen molar-refractivity contribution in [1.29, 1.82) is 0 Å². The first kappa shape index (κ1) is 13.4. The van der Waals surface area contributed by atoms with Crippen molar-refractivity contribution in [3.8, 4) is 0 Å². The summed E-state index contributed by atoms with van der Waals surface area (Å²) >= 11 is 1.79. The molecule has 0 radical (unpaired) electrons. The number of guanidine groups is 1. The second-order valence-electron chi connectivity index (χ2n) is 5.32. The number of hydrogen-bond donors (Lipinski definition) is 1. The highest BCUT2D eigenvalue weighted by atomic mass is 32.1. The number of aliphatic imine (C=N–C) groups is 1. The van der Waals surface area contributed by atoms with Crippen molar-refractivity contribution in [1.82, 2.24) is 10.2 Å². The second-order valence-corrected chi connectivity index (χ2v) is 6.35. The van der Waals surface area contributed by atoms with E-state index in [0.29, 0.717) is 5.41 Å². The molecule has 1 atom stereocenters. The predicted octanol–water partition coefficient (Wildman–Crippen LogP) is 2.95. The zero-order chi connectivity index (χ0) is 13.0. The van der Waals surface area contributed by atoms with Crippen LogP contribution >= 0.6 is 11.3 Å². The SMILES string of the molecule is CCC1(C)CCN(C(=NC)NCc2cccs2)C1. The van der Waals surface area contributed by atoms with Crippen LogP contribution in [0.25, 0.3) is 0 Å². The summed E-state index contributed by atoms with van der Waals surface area (Å²) in [5.74, 6) is 1.04. The van der Waals surface area contributed by atoms with Gasteiger partial charge in [-0.05, 0) is 29.7 Å². The summed E-state index contributed by atoms with van der Waals surface area (Å²) in [5.41, 5.74) is 0.459. The zero-order valence-corrected chi connectivity index (χ0v) is 12.4. The fourth-order valence-electron chi connectivity index (χ4n) is 2.40. The molecule has 1 aliphatic heterocycles. The Labute approximate surface area is 114 Å². The largest absolute Gasteiger partial charge is 0.351 e. The maximum atomic E-state index is 4.41. The lowest BCUT2D eigenvalue weighted by Crippen LogP contribution is -2.40. The summed E-state index contributed by atoms with van der Waals surface area (Å²) in [5, 5.41) is 5.58. The van der Waals surface area contributed by atoms with E-state index in [-0.39, 0.29) is 0 Å². The fourth-order valence-corrected chi connectivity index (χ4v) is 3.05. The highest BCUT2D eigenvalue weighted by Gasteiger charge is 2.33. The summed E-state index contributed by atoms with van der Waals surface area (Å²) in [4.78, 5) is 8.15. The Morgan fingerprint density at radius 3 is 3.00 bits per heavy atom. The van der Waals surface area contributed by atoms with Gasteiger partial charge in [0.1, 0.15) is 0 Å². The minimum atomic E-state index is 0.459. The van der Waals surface area contributed by atoms with Crippen molar-refractivity contribution in [3.63, 3.8) is 0 Å². The van der Waals surface area contributed by atoms with E-state index in [9.17, 15) is 0 Å². The van der Waals surface area contributed by atoms with Crippen LogP contribution < -0.4 is 5.32 Å². The topological polar surface area (TPSA) is 27.6 Å². The summed E-state index contributed by atoms with van der Waals surface area (Å²) in [6.45, 7) is 7.77. The molecule has 1 N–H and O–H groups in total. The molecule has 2 rings (SSSR count). The standard InChI is InChI=1S/C14H23N3S/c1-4-14(2)7-8-17(11-14)13(15-3)16-10-12-6-5-9-18-12/h5-6,9H,4,7-8,10-11H2,1-3H3,(H,15,16). The molecule has 2 heterocycles. The molecule has 0 aromatic carbocycles. The van der Waals surface area contributed by atoms with Gasteiger partial charge < -0.3 is 10.2 Å². The maximum Gasteiger partial charge on any atom is 0.193 e. The van der Waals surface area contributed by atoms with E-state index in [4.69, 9.17) is 0 Å². The van der Waals surface area contributed by atoms with E-state index < -0.39 is 0 Å². The van der Waals surface area contributed by atoms with Crippen LogP contribution in [0.5, 0.6) is 0 Å². The molecule has 1 saturated heterocycles. The number of nitrogens with zero attached hydrogens (tertiary/aromatic N) is 2. The highest BCUT2D eigenvalue weighted by molar-refractivity contribution is 7.09. The molecule has 0 amide bonds. The molecule has 1 aliphatic rings. The molecule has 0 saturated carbocycles. The first-order chi connectivity index (χ1) is 8.67. The Hall–Kier alpha value is -1.03. The molecular weight excluding hydrogens is 242 g/mol. The molecule has 1 fully saturated rings. The van der Waals surface area contributed by atoms with Crippen LogP contribution in [0.4, 0.5) is 0 Å². The summed E-state index contributed by atoms with van der Waals surface area (Å²) < 4.78 is 0. The first-order valence-corrected chi connectivity index (χ1v) is 7.53. The Bertz CT molecular complexity index is 399. The summed E-state index contributed by atoms with van der Waals surface area (Å²) in [6, 6.07) is 4.25. The lowest BCUT2D eigenvalue weighted by Gasteiger charge is -2.25. The van der Waals surface area contributed by atoms with Crippen LogP contribution in [0.15, 0.2) is 22.5 Å². The van der Waals surface area contributed by atoms with Gasteiger partial charge in [0, 0.05) is 25.0 Å². The van der Waals surface area contributed by atoms with Gasteiger partial charge in [-0.1, -0.05) is 19.9 Å². The van der Waals surface area contributed by atoms with Gasteiger partial charge in [-0.2, -0.15) is 0 Å². The molecule has 100 valence electrons. The van der Waals surface area contributed by atoms with E-state index in [1.54, 1.807) is 11.3 Å². The molecule has 0 spiro atoms. The number of thiophene rings is 1. The van der Waals surface area contributed by atoms with Crippen molar-refractivity contribution < 1.29 is 0 Å². The maximum absolute atomic E-state index is 4.41. The average molecular weight is 265 g/mol. The lowest BCUT2D eigenvalue weighted by atomic mass is 9.87. The first-order valence-electron chi connectivity index (χ1n) is 6.65. The van der Waals surface area contributed by atoms with Crippen LogP contribution in [0.1, 0.15) is 31.6 Å². The van der Waals surface area contributed by atoms with Gasteiger partial charge in [0.15, 0.2) is 5.96 Å². The summed E-state index contributed by atoms with van der Waals surface area (Å²) in [6.07, 6.45) is 2.51. The van der Waals surface area contributed by atoms with Gasteiger partial charge in [-0.25, -0.2) is 0 Å². The van der Waals surface area contributed by atoms with Crippen LogP contribution in [-0.2, 0) is 6.54 Å². The van der Waals surface area contributed by atoms with Gasteiger partial charge >= 0.3 is 0 Å². The zero-order valence-electron chi connectivity index (χ0n) is 11.6. The highest BCUT2D eigenvalue weighted by Crippen LogP contribution is 2.32. The number of likely N-dealkylation sites (tertiary alicyclic amines) is 1. The minimum absolute atomic E-state index is 0.459. The third kappa shape index (κ3) is 3.05. The van der Waals surface area contributed by atoms with Crippen molar-refractivity contribution in [2.24, 2.45) is 10.4 Å². The molecule has 1 aromatic rings. The van der Waals surface area contributed by atoms with Crippen LogP contribution in [0.2, 0.25) is 0 Å². The van der Waals surface area contributed by atoms with E-state index in [2.05, 4.69) is 46.6 Å². The molecule has 0 aliphatic carbocycles. The summed E-state index contributed by atoms with van der Waals surface area (Å²) in [7, 11) is 1.87. The Kier molecular flexibility index (Phi) is 4.27. The Morgan fingerprint density at radius 1 is 1.61 bits per heavy atom. The van der Waals surface area contributed by atoms with E-state index in [1.807, 2.05) is 7.05 Å². The number of hydrogen-bond acceptors (Lipinski definition) is 2. The lowest BCUT2D eigenvalue weighted by molar-refractivity contribution is 0.322. The number of nitrogens with one attached hydrogen (secondary N) is 1. The molecule has 18 heavy (non-hydrogen) atoms. The predicted molar refractivity (Wildman–Crippen MR) is 79.1 cm³/mol. The van der Waals surface area contributed by atoms with E-state index >= 15 is 0 Å². The molecule has 3 nitrogen and oxygen atoms in total. The molecule has 4 heteroatoms. The van der Waals surface area contributed by atoms with Gasteiger partial charge in [-0.3, -0.25) is 4.99 Å². The van der Waals surface area contributed by atoms with Crippen molar-refractivity contribution in [2.45, 2.75) is 33.2 Å². The van der Waals surface area contributed by atoms with Gasteiger partial charge in [0.2, 0.25) is 0 Å². The quantitative estimate of drug-likeness (QED) is 0.672. The second kappa shape index (κ2) is 5.74. The third-order valence-corrected chi connectivity index (χ3v) is 4.80. The average Bonchev–Trinajstić information content (AvgIpc) is 3.01. The van der Waals surface area contributed by atoms with E-state index in [1.165, 1.54) is 17.7 Å². The molecule has 0 bridgehead atoms. The van der Waals surface area contributed by atoms with Gasteiger partial charge in [0.05, 0.1) is 6.54 Å². The minimum Gasteiger partial charge on any atom is -0.351 e. The van der Waals surface area contributed by atoms with Gasteiger partial charge in [0.25, 0.3) is 0 Å². The third-order valence-electron chi connectivity index (χ3n) is 3.92. The van der Waals surface area contributed by atoms with Gasteiger partial charge in [-0.15, -0.1) is 11.3 Å². The smallest absolute Gasteiger partial charge is 0.193 e. The van der Waals surface area contributed by atoms with E-state index in [0.717, 1.165) is 25.6 Å². The molecule has 1 aromatic heterocycles. The fraction of sp³-hybridized carbons (Fsp3) is 0.643. The van der Waals surface area contributed by atoms with Crippen LogP contribution in [0.3, 0.4) is 0 Å². The van der Waals surface area contributed by atoms with Crippen LogP contribution in [-0.4, -0.2) is 31.0 Å².